The van der Waals surface area contributed by atoms with Gasteiger partial charge in [-0.1, -0.05) is 19.1 Å². The number of hydrogen-bond acceptors (Lipinski definition) is 4. The number of hydrogen-bond donors (Lipinski definition) is 0. The lowest BCUT2D eigenvalue weighted by atomic mass is 10.3. The maximum absolute atomic E-state index is 10.8. The number of fused-ring (bicyclic) bond motifs is 1. The molecule has 76 valence electrons. The van der Waals surface area contributed by atoms with E-state index in [4.69, 9.17) is 0 Å². The summed E-state index contributed by atoms with van der Waals surface area (Å²) >= 11 is 1.54. The molecule has 1 aromatic heterocycles. The largest absolute Gasteiger partial charge is 0.296 e. The van der Waals surface area contributed by atoms with E-state index in [0.717, 1.165) is 23.1 Å². The summed E-state index contributed by atoms with van der Waals surface area (Å²) in [6.45, 7) is 2.02. The monoisotopic (exact) mass is 218 g/mol. The Labute approximate surface area is 91.9 Å². The van der Waals surface area contributed by atoms with Crippen LogP contribution in [0.2, 0.25) is 0 Å². The number of thioether (sulfide) groups is 1. The second kappa shape index (κ2) is 4.40. The maximum Gasteiger partial charge on any atom is 0.171 e. The van der Waals surface area contributed by atoms with E-state index in [1.165, 1.54) is 11.8 Å². The van der Waals surface area contributed by atoms with Crippen LogP contribution in [0.5, 0.6) is 0 Å². The lowest BCUT2D eigenvalue weighted by Crippen LogP contribution is -1.96. The highest BCUT2D eigenvalue weighted by atomic mass is 32.2. The van der Waals surface area contributed by atoms with Crippen LogP contribution in [-0.2, 0) is 0 Å². The van der Waals surface area contributed by atoms with Gasteiger partial charge in [0, 0.05) is 0 Å². The zero-order valence-corrected chi connectivity index (χ0v) is 9.12. The normalized spacial score (nSPS) is 10.5. The van der Waals surface area contributed by atoms with Gasteiger partial charge in [0.05, 0.1) is 11.0 Å². The second-order valence-electron chi connectivity index (χ2n) is 2.95. The number of aromatic nitrogens is 2. The summed E-state index contributed by atoms with van der Waals surface area (Å²) in [5.41, 5.74) is 2.03. The number of para-hydroxylation sites is 2. The van der Waals surface area contributed by atoms with Crippen LogP contribution >= 0.6 is 11.8 Å². The maximum atomic E-state index is 10.8. The Balaban J connectivity index is 2.63. The average molecular weight is 218 g/mol. The topological polar surface area (TPSA) is 42.9 Å². The van der Waals surface area contributed by atoms with Crippen LogP contribution in [0, 0.1) is 0 Å². The molecule has 0 aliphatic carbocycles. The molecule has 15 heavy (non-hydrogen) atoms. The third kappa shape index (κ3) is 1.99. The van der Waals surface area contributed by atoms with Gasteiger partial charge in [-0.05, 0) is 17.9 Å². The summed E-state index contributed by atoms with van der Waals surface area (Å²) in [7, 11) is 0. The molecule has 1 aromatic carbocycles. The van der Waals surface area contributed by atoms with E-state index < -0.39 is 0 Å². The summed E-state index contributed by atoms with van der Waals surface area (Å²) < 4.78 is 0. The minimum atomic E-state index is 0.431. The number of nitrogens with zero attached hydrogens (tertiary/aromatic N) is 2. The predicted octanol–water partition coefficient (Wildman–Crippen LogP) is 2.55. The fourth-order valence-corrected chi connectivity index (χ4v) is 2.00. The Kier molecular flexibility index (Phi) is 2.97. The van der Waals surface area contributed by atoms with Crippen molar-refractivity contribution in [2.75, 3.05) is 5.75 Å². The number of rotatable bonds is 3. The van der Waals surface area contributed by atoms with Crippen molar-refractivity contribution in [3.63, 3.8) is 0 Å². The summed E-state index contributed by atoms with van der Waals surface area (Å²) in [6.07, 6.45) is 0.761. The molecule has 1 heterocycles. The number of aldehydes is 1. The lowest BCUT2D eigenvalue weighted by Gasteiger charge is -2.03. The average Bonchev–Trinajstić information content (AvgIpc) is 2.28. The Bertz CT molecular complexity index is 499. The van der Waals surface area contributed by atoms with E-state index in [1.54, 1.807) is 0 Å². The number of carbonyl (C=O) groups is 1. The van der Waals surface area contributed by atoms with Crippen molar-refractivity contribution >= 4 is 29.1 Å². The fraction of sp³-hybridized carbons (Fsp3) is 0.182. The van der Waals surface area contributed by atoms with E-state index in [-0.39, 0.29) is 0 Å². The van der Waals surface area contributed by atoms with Crippen LogP contribution in [-0.4, -0.2) is 22.0 Å². The van der Waals surface area contributed by atoms with E-state index >= 15 is 0 Å². The molecular formula is C11H10N2OS. The van der Waals surface area contributed by atoms with Gasteiger partial charge in [-0.3, -0.25) is 4.79 Å². The summed E-state index contributed by atoms with van der Waals surface area (Å²) in [4.78, 5) is 19.5. The van der Waals surface area contributed by atoms with Crippen LogP contribution in [0.1, 0.15) is 17.4 Å². The van der Waals surface area contributed by atoms with Crippen LogP contribution in [0.15, 0.2) is 29.3 Å². The molecule has 0 saturated carbocycles. The Morgan fingerprint density at radius 3 is 2.53 bits per heavy atom. The quantitative estimate of drug-likeness (QED) is 0.586. The molecule has 2 aromatic rings. The lowest BCUT2D eigenvalue weighted by molar-refractivity contribution is 0.111. The Morgan fingerprint density at radius 2 is 1.93 bits per heavy atom. The standard InChI is InChI=1S/C11H10N2OS/c1-2-15-11-10(7-14)12-8-5-3-4-6-9(8)13-11/h3-7H,2H2,1H3. The zero-order chi connectivity index (χ0) is 10.7. The van der Waals surface area contributed by atoms with Gasteiger partial charge in [-0.15, -0.1) is 11.8 Å². The fourth-order valence-electron chi connectivity index (χ4n) is 1.32. The van der Waals surface area contributed by atoms with Crippen molar-refractivity contribution in [2.24, 2.45) is 0 Å². The smallest absolute Gasteiger partial charge is 0.171 e. The molecule has 0 amide bonds. The molecule has 0 spiro atoms. The molecule has 2 rings (SSSR count). The SMILES string of the molecule is CCSc1nc2ccccc2nc1C=O. The molecule has 0 aliphatic rings. The molecule has 0 unspecified atom stereocenters. The van der Waals surface area contributed by atoms with E-state index in [0.29, 0.717) is 10.7 Å². The highest BCUT2D eigenvalue weighted by Crippen LogP contribution is 2.20. The molecule has 0 saturated heterocycles. The van der Waals surface area contributed by atoms with Crippen molar-refractivity contribution in [3.05, 3.63) is 30.0 Å². The third-order valence-electron chi connectivity index (χ3n) is 1.96. The first kappa shape index (κ1) is 10.1. The predicted molar refractivity (Wildman–Crippen MR) is 61.3 cm³/mol. The molecule has 0 bridgehead atoms. The molecule has 4 heteroatoms. The first-order valence-corrected chi connectivity index (χ1v) is 5.68. The van der Waals surface area contributed by atoms with Crippen LogP contribution < -0.4 is 0 Å². The van der Waals surface area contributed by atoms with Gasteiger partial charge >= 0.3 is 0 Å². The highest BCUT2D eigenvalue weighted by molar-refractivity contribution is 7.99. The summed E-state index contributed by atoms with van der Waals surface area (Å²) in [6, 6.07) is 7.56. The van der Waals surface area contributed by atoms with Crippen molar-refractivity contribution in [3.8, 4) is 0 Å². The molecule has 0 radical (unpaired) electrons. The van der Waals surface area contributed by atoms with Gasteiger partial charge in [-0.25, -0.2) is 9.97 Å². The van der Waals surface area contributed by atoms with Crippen LogP contribution in [0.25, 0.3) is 11.0 Å². The van der Waals surface area contributed by atoms with Gasteiger partial charge in [-0.2, -0.15) is 0 Å². The molecule has 0 aliphatic heterocycles. The first-order valence-electron chi connectivity index (χ1n) is 4.70. The summed E-state index contributed by atoms with van der Waals surface area (Å²) in [5, 5.41) is 0.714. The Morgan fingerprint density at radius 1 is 1.27 bits per heavy atom. The van der Waals surface area contributed by atoms with Crippen molar-refractivity contribution in [1.82, 2.24) is 9.97 Å². The highest BCUT2D eigenvalue weighted by Gasteiger charge is 2.07. The van der Waals surface area contributed by atoms with Gasteiger partial charge in [0.25, 0.3) is 0 Å². The molecule has 0 N–H and O–H groups in total. The van der Waals surface area contributed by atoms with Crippen LogP contribution in [0.3, 0.4) is 0 Å². The first-order chi connectivity index (χ1) is 7.35. The molecule has 3 nitrogen and oxygen atoms in total. The summed E-state index contributed by atoms with van der Waals surface area (Å²) in [5.74, 6) is 0.883. The van der Waals surface area contributed by atoms with Crippen molar-refractivity contribution in [1.29, 1.82) is 0 Å². The Hall–Kier alpha value is -1.42. The zero-order valence-electron chi connectivity index (χ0n) is 8.30. The van der Waals surface area contributed by atoms with E-state index in [1.807, 2.05) is 31.2 Å². The number of carbonyl (C=O) groups excluding carboxylic acids is 1. The van der Waals surface area contributed by atoms with Crippen molar-refractivity contribution in [2.45, 2.75) is 11.9 Å². The minimum Gasteiger partial charge on any atom is -0.296 e. The minimum absolute atomic E-state index is 0.431. The molecular weight excluding hydrogens is 208 g/mol. The second-order valence-corrected chi connectivity index (χ2v) is 4.21. The van der Waals surface area contributed by atoms with E-state index in [2.05, 4.69) is 9.97 Å². The molecule has 0 atom stereocenters. The third-order valence-corrected chi connectivity index (χ3v) is 2.82. The van der Waals surface area contributed by atoms with Gasteiger partial charge < -0.3 is 0 Å². The van der Waals surface area contributed by atoms with Gasteiger partial charge in [0.1, 0.15) is 10.7 Å². The van der Waals surface area contributed by atoms with Gasteiger partial charge in [0.2, 0.25) is 0 Å². The van der Waals surface area contributed by atoms with Gasteiger partial charge in [0.15, 0.2) is 6.29 Å². The molecule has 0 fully saturated rings. The van der Waals surface area contributed by atoms with Crippen LogP contribution in [0.4, 0.5) is 0 Å². The van der Waals surface area contributed by atoms with E-state index in [9.17, 15) is 4.79 Å². The van der Waals surface area contributed by atoms with Crippen molar-refractivity contribution < 1.29 is 4.79 Å². The number of benzene rings is 1.